The van der Waals surface area contributed by atoms with Crippen LogP contribution >= 0.6 is 0 Å². The van der Waals surface area contributed by atoms with Gasteiger partial charge in [-0.15, -0.1) is 0 Å². The highest BCUT2D eigenvalue weighted by Crippen LogP contribution is 2.36. The molecule has 2 heteroatoms. The molecule has 3 rings (SSSR count). The molecule has 0 aromatic carbocycles. The standard InChI is InChI=1S/C17H27NO/c1-14-3-2-4-16(13-14)17(8-7-15-5-6-15)18-9-11-19-12-10-18/h4,13,15,17H,2-3,5-12H2,1H3. The fourth-order valence-electron chi connectivity index (χ4n) is 3.36. The van der Waals surface area contributed by atoms with Crippen LogP contribution < -0.4 is 0 Å². The molecule has 1 atom stereocenters. The third kappa shape index (κ3) is 3.70. The van der Waals surface area contributed by atoms with Crippen molar-refractivity contribution in [3.63, 3.8) is 0 Å². The molecule has 2 fully saturated rings. The second-order valence-corrected chi connectivity index (χ2v) is 6.42. The van der Waals surface area contributed by atoms with Gasteiger partial charge in [0.2, 0.25) is 0 Å². The van der Waals surface area contributed by atoms with Crippen LogP contribution in [-0.4, -0.2) is 37.2 Å². The molecule has 1 saturated carbocycles. The molecule has 2 nitrogen and oxygen atoms in total. The number of hydrogen-bond acceptors (Lipinski definition) is 2. The quantitative estimate of drug-likeness (QED) is 0.750. The van der Waals surface area contributed by atoms with Crippen LogP contribution in [0.25, 0.3) is 0 Å². The van der Waals surface area contributed by atoms with E-state index in [9.17, 15) is 0 Å². The van der Waals surface area contributed by atoms with Gasteiger partial charge in [-0.05, 0) is 44.1 Å². The molecule has 0 N–H and O–H groups in total. The van der Waals surface area contributed by atoms with Crippen molar-refractivity contribution in [1.29, 1.82) is 0 Å². The second-order valence-electron chi connectivity index (χ2n) is 6.42. The predicted octanol–water partition coefficient (Wildman–Crippen LogP) is 3.54. The number of ether oxygens (including phenoxy) is 1. The molecule has 2 aliphatic carbocycles. The van der Waals surface area contributed by atoms with Crippen LogP contribution in [0.1, 0.15) is 45.4 Å². The van der Waals surface area contributed by atoms with Gasteiger partial charge < -0.3 is 4.74 Å². The van der Waals surface area contributed by atoms with Gasteiger partial charge in [-0.1, -0.05) is 30.6 Å². The Balaban J connectivity index is 1.68. The summed E-state index contributed by atoms with van der Waals surface area (Å²) in [6, 6.07) is 0.653. The fourth-order valence-corrected chi connectivity index (χ4v) is 3.36. The Kier molecular flexibility index (Phi) is 4.39. The van der Waals surface area contributed by atoms with E-state index in [0.717, 1.165) is 32.2 Å². The van der Waals surface area contributed by atoms with E-state index in [0.29, 0.717) is 6.04 Å². The van der Waals surface area contributed by atoms with Gasteiger partial charge in [-0.2, -0.15) is 0 Å². The fraction of sp³-hybridized carbons (Fsp3) is 0.765. The topological polar surface area (TPSA) is 12.5 Å². The van der Waals surface area contributed by atoms with Crippen LogP contribution in [0.4, 0.5) is 0 Å². The molecular weight excluding hydrogens is 234 g/mol. The SMILES string of the molecule is CC1=CC(C(CCC2CC2)N2CCOCC2)=CCC1. The molecule has 0 aromatic heterocycles. The van der Waals surface area contributed by atoms with Crippen molar-refractivity contribution in [2.75, 3.05) is 26.3 Å². The molecular formula is C17H27NO. The van der Waals surface area contributed by atoms with E-state index in [2.05, 4.69) is 24.0 Å². The van der Waals surface area contributed by atoms with Crippen molar-refractivity contribution in [3.8, 4) is 0 Å². The van der Waals surface area contributed by atoms with Crippen LogP contribution in [0.15, 0.2) is 23.3 Å². The van der Waals surface area contributed by atoms with E-state index in [1.54, 1.807) is 11.1 Å². The summed E-state index contributed by atoms with van der Waals surface area (Å²) < 4.78 is 5.52. The Morgan fingerprint density at radius 2 is 2.11 bits per heavy atom. The van der Waals surface area contributed by atoms with Crippen LogP contribution in [0, 0.1) is 5.92 Å². The molecule has 0 bridgehead atoms. The minimum Gasteiger partial charge on any atom is -0.379 e. The Labute approximate surface area is 117 Å². The highest BCUT2D eigenvalue weighted by molar-refractivity contribution is 5.31. The second kappa shape index (κ2) is 6.23. The lowest BCUT2D eigenvalue weighted by Gasteiger charge is -2.36. The van der Waals surface area contributed by atoms with E-state index in [1.807, 2.05) is 0 Å². The maximum atomic E-state index is 5.52. The largest absolute Gasteiger partial charge is 0.379 e. The van der Waals surface area contributed by atoms with Gasteiger partial charge in [0.05, 0.1) is 13.2 Å². The minimum atomic E-state index is 0.653. The first kappa shape index (κ1) is 13.4. The molecule has 106 valence electrons. The van der Waals surface area contributed by atoms with Gasteiger partial charge in [0.1, 0.15) is 0 Å². The zero-order chi connectivity index (χ0) is 13.1. The zero-order valence-corrected chi connectivity index (χ0v) is 12.2. The first-order valence-corrected chi connectivity index (χ1v) is 8.02. The summed E-state index contributed by atoms with van der Waals surface area (Å²) in [7, 11) is 0. The summed E-state index contributed by atoms with van der Waals surface area (Å²) in [5, 5.41) is 0. The number of nitrogens with zero attached hydrogens (tertiary/aromatic N) is 1. The molecule has 0 spiro atoms. The van der Waals surface area contributed by atoms with E-state index in [4.69, 9.17) is 4.74 Å². The lowest BCUT2D eigenvalue weighted by molar-refractivity contribution is 0.0220. The van der Waals surface area contributed by atoms with Gasteiger partial charge in [0.15, 0.2) is 0 Å². The van der Waals surface area contributed by atoms with Crippen molar-refractivity contribution in [1.82, 2.24) is 4.90 Å². The first-order chi connectivity index (χ1) is 9.33. The van der Waals surface area contributed by atoms with Gasteiger partial charge in [0, 0.05) is 19.1 Å². The molecule has 3 aliphatic rings. The summed E-state index contributed by atoms with van der Waals surface area (Å²) in [6.45, 7) is 6.33. The monoisotopic (exact) mass is 261 g/mol. The molecule has 0 amide bonds. The molecule has 0 radical (unpaired) electrons. The number of hydrogen-bond donors (Lipinski definition) is 0. The molecule has 0 aromatic rings. The Morgan fingerprint density at radius 3 is 2.79 bits per heavy atom. The smallest absolute Gasteiger partial charge is 0.0594 e. The van der Waals surface area contributed by atoms with Crippen molar-refractivity contribution < 1.29 is 4.74 Å². The Hall–Kier alpha value is -0.600. The number of allylic oxidation sites excluding steroid dienone is 2. The average molecular weight is 261 g/mol. The molecule has 1 saturated heterocycles. The number of morpholine rings is 1. The lowest BCUT2D eigenvalue weighted by atomic mass is 9.91. The maximum Gasteiger partial charge on any atom is 0.0594 e. The van der Waals surface area contributed by atoms with Crippen molar-refractivity contribution >= 4 is 0 Å². The van der Waals surface area contributed by atoms with Gasteiger partial charge in [0.25, 0.3) is 0 Å². The van der Waals surface area contributed by atoms with E-state index in [1.165, 1.54) is 38.5 Å². The van der Waals surface area contributed by atoms with Crippen LogP contribution in [0.3, 0.4) is 0 Å². The predicted molar refractivity (Wildman–Crippen MR) is 79.2 cm³/mol. The Bertz CT molecular complexity index is 361. The molecule has 1 aliphatic heterocycles. The highest BCUT2D eigenvalue weighted by Gasteiger charge is 2.28. The molecule has 1 heterocycles. The summed E-state index contributed by atoms with van der Waals surface area (Å²) >= 11 is 0. The van der Waals surface area contributed by atoms with Crippen LogP contribution in [-0.2, 0) is 4.74 Å². The normalized spacial score (nSPS) is 26.8. The summed E-state index contributed by atoms with van der Waals surface area (Å²) in [5.41, 5.74) is 3.15. The summed E-state index contributed by atoms with van der Waals surface area (Å²) in [4.78, 5) is 2.66. The first-order valence-electron chi connectivity index (χ1n) is 8.02. The zero-order valence-electron chi connectivity index (χ0n) is 12.2. The third-order valence-corrected chi connectivity index (χ3v) is 4.75. The minimum absolute atomic E-state index is 0.653. The van der Waals surface area contributed by atoms with Gasteiger partial charge >= 0.3 is 0 Å². The van der Waals surface area contributed by atoms with Gasteiger partial charge in [-0.25, -0.2) is 0 Å². The molecule has 19 heavy (non-hydrogen) atoms. The number of rotatable bonds is 5. The summed E-state index contributed by atoms with van der Waals surface area (Å²) in [6.07, 6.45) is 13.2. The van der Waals surface area contributed by atoms with E-state index in [-0.39, 0.29) is 0 Å². The van der Waals surface area contributed by atoms with Crippen LogP contribution in [0.2, 0.25) is 0 Å². The van der Waals surface area contributed by atoms with E-state index >= 15 is 0 Å². The van der Waals surface area contributed by atoms with Crippen molar-refractivity contribution in [2.24, 2.45) is 5.92 Å². The lowest BCUT2D eigenvalue weighted by Crippen LogP contribution is -2.44. The van der Waals surface area contributed by atoms with Gasteiger partial charge in [-0.3, -0.25) is 4.90 Å². The molecule has 1 unspecified atom stereocenters. The van der Waals surface area contributed by atoms with Crippen LogP contribution in [0.5, 0.6) is 0 Å². The Morgan fingerprint density at radius 1 is 1.32 bits per heavy atom. The average Bonchev–Trinajstić information content (AvgIpc) is 3.25. The van der Waals surface area contributed by atoms with Crippen molar-refractivity contribution in [3.05, 3.63) is 23.3 Å². The third-order valence-electron chi connectivity index (χ3n) is 4.75. The highest BCUT2D eigenvalue weighted by atomic mass is 16.5. The summed E-state index contributed by atoms with van der Waals surface area (Å²) in [5.74, 6) is 1.04. The van der Waals surface area contributed by atoms with E-state index < -0.39 is 0 Å². The van der Waals surface area contributed by atoms with Crippen molar-refractivity contribution in [2.45, 2.75) is 51.5 Å². The maximum absolute atomic E-state index is 5.52.